The molecule has 1 atom stereocenters. The van der Waals surface area contributed by atoms with Crippen LogP contribution in [0.5, 0.6) is 5.75 Å². The smallest absolute Gasteiger partial charge is 0.258 e. The van der Waals surface area contributed by atoms with Gasteiger partial charge in [0.15, 0.2) is 5.13 Å². The number of hydrogen-bond acceptors (Lipinski definition) is 7. The summed E-state index contributed by atoms with van der Waals surface area (Å²) < 4.78 is 5.18. The molecule has 10 heteroatoms. The average Bonchev–Trinajstić information content (AvgIpc) is 3.57. The standard InChI is InChI=1S/C23H22N4O4S2/c1-31-17-4-2-16(3-5-17)27-11-15(10-20(27)28)22(30)26-8-6-18-19(12-26)33-23(24-18)25-21(29)14-7-9-32-13-14/h2-5,7,9,13,15H,6,8,10-12H2,1H3,(H,24,25,29). The molecule has 0 spiro atoms. The first-order valence-corrected chi connectivity index (χ1v) is 12.3. The number of carbonyl (C=O) groups excluding carboxylic acids is 3. The lowest BCUT2D eigenvalue weighted by molar-refractivity contribution is -0.136. The Morgan fingerprint density at radius 2 is 2.03 bits per heavy atom. The SMILES string of the molecule is COc1ccc(N2CC(C(=O)N3CCc4nc(NC(=O)c5ccsc5)sc4C3)CC2=O)cc1. The molecule has 1 unspecified atom stereocenters. The lowest BCUT2D eigenvalue weighted by atomic mass is 10.1. The van der Waals surface area contributed by atoms with Gasteiger partial charge in [0.1, 0.15) is 5.75 Å². The number of thiophene rings is 1. The molecule has 2 aliphatic heterocycles. The van der Waals surface area contributed by atoms with Crippen molar-refractivity contribution in [3.8, 4) is 5.75 Å². The first-order chi connectivity index (χ1) is 16.0. The van der Waals surface area contributed by atoms with Crippen molar-refractivity contribution in [3.63, 3.8) is 0 Å². The molecule has 5 rings (SSSR count). The number of amides is 3. The highest BCUT2D eigenvalue weighted by molar-refractivity contribution is 7.16. The largest absolute Gasteiger partial charge is 0.497 e. The van der Waals surface area contributed by atoms with Crippen LogP contribution < -0.4 is 15.0 Å². The van der Waals surface area contributed by atoms with Crippen molar-refractivity contribution < 1.29 is 19.1 Å². The van der Waals surface area contributed by atoms with Gasteiger partial charge in [0.2, 0.25) is 11.8 Å². The van der Waals surface area contributed by atoms with E-state index in [1.165, 1.54) is 22.7 Å². The van der Waals surface area contributed by atoms with E-state index in [0.29, 0.717) is 36.8 Å². The topological polar surface area (TPSA) is 91.8 Å². The molecule has 0 aliphatic carbocycles. The highest BCUT2D eigenvalue weighted by Crippen LogP contribution is 2.32. The third-order valence-corrected chi connectivity index (χ3v) is 7.59. The zero-order valence-electron chi connectivity index (χ0n) is 17.9. The van der Waals surface area contributed by atoms with Crippen LogP contribution in [0.15, 0.2) is 41.1 Å². The molecule has 33 heavy (non-hydrogen) atoms. The number of hydrogen-bond donors (Lipinski definition) is 1. The zero-order valence-corrected chi connectivity index (χ0v) is 19.6. The summed E-state index contributed by atoms with van der Waals surface area (Å²) in [6.07, 6.45) is 0.841. The van der Waals surface area contributed by atoms with Gasteiger partial charge in [0.05, 0.1) is 30.8 Å². The zero-order chi connectivity index (χ0) is 22.9. The van der Waals surface area contributed by atoms with E-state index in [1.807, 2.05) is 29.6 Å². The predicted octanol–water partition coefficient (Wildman–Crippen LogP) is 3.40. The number of thiazole rings is 1. The molecule has 1 fully saturated rings. The normalized spacial score (nSPS) is 17.7. The molecule has 1 saturated heterocycles. The molecular weight excluding hydrogens is 460 g/mol. The maximum absolute atomic E-state index is 13.2. The summed E-state index contributed by atoms with van der Waals surface area (Å²) in [6, 6.07) is 9.05. The number of nitrogens with zero attached hydrogens (tertiary/aromatic N) is 3. The van der Waals surface area contributed by atoms with E-state index in [4.69, 9.17) is 4.74 Å². The van der Waals surface area contributed by atoms with Gasteiger partial charge in [-0.3, -0.25) is 19.7 Å². The van der Waals surface area contributed by atoms with Gasteiger partial charge in [-0.15, -0.1) is 0 Å². The summed E-state index contributed by atoms with van der Waals surface area (Å²) in [5.74, 6) is 0.109. The minimum Gasteiger partial charge on any atom is -0.497 e. The predicted molar refractivity (Wildman–Crippen MR) is 127 cm³/mol. The number of carbonyl (C=O) groups is 3. The van der Waals surface area contributed by atoms with Gasteiger partial charge in [-0.25, -0.2) is 4.98 Å². The van der Waals surface area contributed by atoms with Crippen molar-refractivity contribution in [1.29, 1.82) is 0 Å². The van der Waals surface area contributed by atoms with Gasteiger partial charge in [-0.05, 0) is 35.7 Å². The van der Waals surface area contributed by atoms with Crippen molar-refractivity contribution in [2.24, 2.45) is 5.92 Å². The fourth-order valence-corrected chi connectivity index (χ4v) is 5.80. The van der Waals surface area contributed by atoms with E-state index in [0.717, 1.165) is 22.0 Å². The molecule has 3 amide bonds. The summed E-state index contributed by atoms with van der Waals surface area (Å²) in [6.45, 7) is 1.38. The van der Waals surface area contributed by atoms with Gasteiger partial charge in [-0.1, -0.05) is 11.3 Å². The fourth-order valence-electron chi connectivity index (χ4n) is 4.14. The highest BCUT2D eigenvalue weighted by atomic mass is 32.1. The minimum atomic E-state index is -0.369. The first-order valence-electron chi connectivity index (χ1n) is 10.6. The number of ether oxygens (including phenoxy) is 1. The van der Waals surface area contributed by atoms with Crippen LogP contribution in [0.4, 0.5) is 10.8 Å². The van der Waals surface area contributed by atoms with Crippen LogP contribution in [-0.2, 0) is 22.6 Å². The number of anilines is 2. The molecule has 1 N–H and O–H groups in total. The molecular formula is C23H22N4O4S2. The van der Waals surface area contributed by atoms with Crippen LogP contribution in [0, 0.1) is 5.92 Å². The van der Waals surface area contributed by atoms with Crippen LogP contribution >= 0.6 is 22.7 Å². The quantitative estimate of drug-likeness (QED) is 0.602. The second kappa shape index (κ2) is 8.95. The average molecular weight is 483 g/mol. The summed E-state index contributed by atoms with van der Waals surface area (Å²) in [5, 5.41) is 7.05. The summed E-state index contributed by atoms with van der Waals surface area (Å²) in [5.41, 5.74) is 2.30. The van der Waals surface area contributed by atoms with Crippen LogP contribution in [0.1, 0.15) is 27.3 Å². The van der Waals surface area contributed by atoms with Crippen LogP contribution in [-0.4, -0.2) is 47.8 Å². The maximum atomic E-state index is 13.2. The number of methoxy groups -OCH3 is 1. The monoisotopic (exact) mass is 482 g/mol. The van der Waals surface area contributed by atoms with Gasteiger partial charge in [-0.2, -0.15) is 11.3 Å². The Bertz CT molecular complexity index is 1190. The second-order valence-corrected chi connectivity index (χ2v) is 9.83. The third-order valence-electron chi connectivity index (χ3n) is 5.91. The molecule has 4 heterocycles. The molecule has 8 nitrogen and oxygen atoms in total. The summed E-state index contributed by atoms with van der Waals surface area (Å²) in [7, 11) is 1.60. The fraction of sp³-hybridized carbons (Fsp3) is 0.304. The van der Waals surface area contributed by atoms with E-state index in [9.17, 15) is 14.4 Å². The van der Waals surface area contributed by atoms with Crippen molar-refractivity contribution in [3.05, 3.63) is 57.2 Å². The minimum absolute atomic E-state index is 0.0118. The molecule has 170 valence electrons. The Morgan fingerprint density at radius 1 is 1.21 bits per heavy atom. The number of rotatable bonds is 5. The molecule has 2 aliphatic rings. The van der Waals surface area contributed by atoms with Gasteiger partial charge < -0.3 is 14.5 Å². The van der Waals surface area contributed by atoms with E-state index < -0.39 is 0 Å². The van der Waals surface area contributed by atoms with Gasteiger partial charge >= 0.3 is 0 Å². The van der Waals surface area contributed by atoms with Crippen molar-refractivity contribution >= 4 is 51.2 Å². The highest BCUT2D eigenvalue weighted by Gasteiger charge is 2.38. The van der Waals surface area contributed by atoms with Gasteiger partial charge in [0.25, 0.3) is 5.91 Å². The number of benzene rings is 1. The Morgan fingerprint density at radius 3 is 2.76 bits per heavy atom. The molecule has 2 aromatic heterocycles. The Balaban J connectivity index is 1.23. The van der Waals surface area contributed by atoms with E-state index >= 15 is 0 Å². The van der Waals surface area contributed by atoms with Crippen molar-refractivity contribution in [2.45, 2.75) is 19.4 Å². The van der Waals surface area contributed by atoms with E-state index in [1.54, 1.807) is 28.4 Å². The first kappa shape index (κ1) is 21.6. The van der Waals surface area contributed by atoms with E-state index in [2.05, 4.69) is 10.3 Å². The molecule has 0 bridgehead atoms. The molecule has 1 aromatic carbocycles. The molecule has 3 aromatic rings. The Labute approximate surface area is 198 Å². The van der Waals surface area contributed by atoms with Crippen LogP contribution in [0.25, 0.3) is 0 Å². The van der Waals surface area contributed by atoms with Crippen molar-refractivity contribution in [2.75, 3.05) is 30.4 Å². The van der Waals surface area contributed by atoms with Crippen LogP contribution in [0.2, 0.25) is 0 Å². The van der Waals surface area contributed by atoms with Crippen molar-refractivity contribution in [1.82, 2.24) is 9.88 Å². The lowest BCUT2D eigenvalue weighted by Crippen LogP contribution is -2.40. The summed E-state index contributed by atoms with van der Waals surface area (Å²) >= 11 is 2.87. The lowest BCUT2D eigenvalue weighted by Gasteiger charge is -2.28. The Hall–Kier alpha value is -3.24. The van der Waals surface area contributed by atoms with E-state index in [-0.39, 0.29) is 30.1 Å². The van der Waals surface area contributed by atoms with Crippen LogP contribution in [0.3, 0.4) is 0 Å². The molecule has 0 saturated carbocycles. The maximum Gasteiger partial charge on any atom is 0.258 e. The Kier molecular flexibility index (Phi) is 5.86. The van der Waals surface area contributed by atoms with Gasteiger partial charge in [0, 0.05) is 41.9 Å². The summed E-state index contributed by atoms with van der Waals surface area (Å²) in [4.78, 5) is 47.1. The second-order valence-electron chi connectivity index (χ2n) is 7.97. The number of nitrogens with one attached hydrogen (secondary N) is 1. The molecule has 0 radical (unpaired) electrons. The number of fused-ring (bicyclic) bond motifs is 1. The number of aromatic nitrogens is 1. The third kappa shape index (κ3) is 4.36.